The van der Waals surface area contributed by atoms with E-state index in [9.17, 15) is 4.79 Å². The van der Waals surface area contributed by atoms with Crippen LogP contribution in [0.2, 0.25) is 0 Å². The lowest BCUT2D eigenvalue weighted by Gasteiger charge is -2.00. The maximum absolute atomic E-state index is 11.8. The van der Waals surface area contributed by atoms with Crippen molar-refractivity contribution >= 4 is 5.78 Å². The monoisotopic (exact) mass is 211 g/mol. The maximum Gasteiger partial charge on any atom is 0.164 e. The van der Waals surface area contributed by atoms with Gasteiger partial charge in [0.1, 0.15) is 0 Å². The molecule has 0 unspecified atom stereocenters. The lowest BCUT2D eigenvalue weighted by atomic mass is 10.0. The first-order chi connectivity index (χ1) is 7.86. The smallest absolute Gasteiger partial charge is 0.164 e. The van der Waals surface area contributed by atoms with Crippen LogP contribution in [0.1, 0.15) is 22.3 Å². The van der Waals surface area contributed by atoms with Crippen molar-refractivity contribution in [3.8, 4) is 0 Å². The van der Waals surface area contributed by atoms with E-state index in [0.717, 1.165) is 6.42 Å². The van der Waals surface area contributed by atoms with E-state index in [4.69, 9.17) is 0 Å². The van der Waals surface area contributed by atoms with Gasteiger partial charge in [-0.1, -0.05) is 30.3 Å². The van der Waals surface area contributed by atoms with Crippen molar-refractivity contribution in [3.05, 3.63) is 66.0 Å². The van der Waals surface area contributed by atoms with Crippen LogP contribution in [0.15, 0.2) is 54.9 Å². The van der Waals surface area contributed by atoms with E-state index in [1.54, 1.807) is 24.5 Å². The van der Waals surface area contributed by atoms with Gasteiger partial charge in [0.2, 0.25) is 0 Å². The Bertz CT molecular complexity index is 451. The number of pyridine rings is 1. The molecule has 16 heavy (non-hydrogen) atoms. The molecule has 0 atom stereocenters. The summed E-state index contributed by atoms with van der Waals surface area (Å²) in [7, 11) is 0. The van der Waals surface area contributed by atoms with Crippen molar-refractivity contribution in [2.75, 3.05) is 0 Å². The minimum Gasteiger partial charge on any atom is -0.294 e. The van der Waals surface area contributed by atoms with Gasteiger partial charge in [0.25, 0.3) is 0 Å². The Morgan fingerprint density at radius 1 is 1.06 bits per heavy atom. The molecule has 1 aromatic heterocycles. The summed E-state index contributed by atoms with van der Waals surface area (Å²) in [5.74, 6) is 0.150. The van der Waals surface area contributed by atoms with Crippen molar-refractivity contribution in [3.63, 3.8) is 0 Å². The van der Waals surface area contributed by atoms with Gasteiger partial charge < -0.3 is 0 Å². The number of ketones is 1. The Balaban J connectivity index is 1.95. The zero-order valence-electron chi connectivity index (χ0n) is 8.97. The van der Waals surface area contributed by atoms with Gasteiger partial charge in [-0.15, -0.1) is 0 Å². The molecule has 0 spiro atoms. The molecule has 0 radical (unpaired) electrons. The number of hydrogen-bond acceptors (Lipinski definition) is 2. The second-order valence-electron chi connectivity index (χ2n) is 3.65. The highest BCUT2D eigenvalue weighted by Gasteiger charge is 2.05. The number of benzene rings is 1. The van der Waals surface area contributed by atoms with E-state index in [1.165, 1.54) is 5.56 Å². The molecule has 0 N–H and O–H groups in total. The quantitative estimate of drug-likeness (QED) is 0.728. The molecule has 2 rings (SSSR count). The third-order valence-corrected chi connectivity index (χ3v) is 2.47. The SMILES string of the molecule is O=C(CCc1ccccc1)c1cccnc1. The number of aromatic nitrogens is 1. The molecule has 0 aliphatic rings. The predicted molar refractivity (Wildman–Crippen MR) is 63.3 cm³/mol. The van der Waals surface area contributed by atoms with Crippen LogP contribution in [-0.2, 0) is 6.42 Å². The first-order valence-electron chi connectivity index (χ1n) is 5.33. The highest BCUT2D eigenvalue weighted by Crippen LogP contribution is 2.07. The number of carbonyl (C=O) groups excluding carboxylic acids is 1. The summed E-state index contributed by atoms with van der Waals surface area (Å²) in [5.41, 5.74) is 1.89. The van der Waals surface area contributed by atoms with Gasteiger partial charge >= 0.3 is 0 Å². The summed E-state index contributed by atoms with van der Waals surface area (Å²) in [6.07, 6.45) is 4.62. The zero-order chi connectivity index (χ0) is 11.2. The number of aryl methyl sites for hydroxylation is 1. The lowest BCUT2D eigenvalue weighted by molar-refractivity contribution is 0.0982. The van der Waals surface area contributed by atoms with Gasteiger partial charge in [0.15, 0.2) is 5.78 Å². The van der Waals surface area contributed by atoms with Crippen molar-refractivity contribution in [1.82, 2.24) is 4.98 Å². The third-order valence-electron chi connectivity index (χ3n) is 2.47. The van der Waals surface area contributed by atoms with Crippen molar-refractivity contribution in [2.24, 2.45) is 0 Å². The minimum atomic E-state index is 0.150. The summed E-state index contributed by atoms with van der Waals surface area (Å²) in [5, 5.41) is 0. The summed E-state index contributed by atoms with van der Waals surface area (Å²) >= 11 is 0. The molecule has 0 saturated carbocycles. The lowest BCUT2D eigenvalue weighted by Crippen LogP contribution is -2.01. The molecule has 2 nitrogen and oxygen atoms in total. The molecule has 0 aliphatic heterocycles. The highest BCUT2D eigenvalue weighted by atomic mass is 16.1. The van der Waals surface area contributed by atoms with Crippen LogP contribution in [-0.4, -0.2) is 10.8 Å². The summed E-state index contributed by atoms with van der Waals surface area (Å²) in [6, 6.07) is 13.6. The fourth-order valence-corrected chi connectivity index (χ4v) is 1.57. The van der Waals surface area contributed by atoms with Crippen LogP contribution in [0, 0.1) is 0 Å². The average molecular weight is 211 g/mol. The Morgan fingerprint density at radius 3 is 2.56 bits per heavy atom. The molecule has 0 saturated heterocycles. The number of rotatable bonds is 4. The first kappa shape index (κ1) is 10.6. The van der Waals surface area contributed by atoms with Gasteiger partial charge in [-0.2, -0.15) is 0 Å². The minimum absolute atomic E-state index is 0.150. The van der Waals surface area contributed by atoms with Gasteiger partial charge in [-0.3, -0.25) is 9.78 Å². The molecule has 0 bridgehead atoms. The number of Topliss-reactive ketones (excluding diaryl/α,β-unsaturated/α-hetero) is 1. The fourth-order valence-electron chi connectivity index (χ4n) is 1.57. The molecule has 0 fully saturated rings. The van der Waals surface area contributed by atoms with Crippen molar-refractivity contribution < 1.29 is 4.79 Å². The molecule has 0 amide bonds. The second kappa shape index (κ2) is 5.21. The number of hydrogen-bond donors (Lipinski definition) is 0. The van der Waals surface area contributed by atoms with E-state index in [2.05, 4.69) is 4.98 Å². The molecule has 2 aromatic rings. The van der Waals surface area contributed by atoms with Gasteiger partial charge in [-0.05, 0) is 24.1 Å². The van der Waals surface area contributed by atoms with E-state index in [0.29, 0.717) is 12.0 Å². The molecule has 1 aromatic carbocycles. The van der Waals surface area contributed by atoms with E-state index < -0.39 is 0 Å². The van der Waals surface area contributed by atoms with Crippen LogP contribution in [0.5, 0.6) is 0 Å². The molecular formula is C14H13NO. The third kappa shape index (κ3) is 2.76. The van der Waals surface area contributed by atoms with E-state index in [-0.39, 0.29) is 5.78 Å². The molecule has 0 aliphatic carbocycles. The van der Waals surface area contributed by atoms with Crippen LogP contribution in [0.3, 0.4) is 0 Å². The van der Waals surface area contributed by atoms with Crippen LogP contribution < -0.4 is 0 Å². The van der Waals surface area contributed by atoms with Gasteiger partial charge in [-0.25, -0.2) is 0 Å². The Hall–Kier alpha value is -1.96. The molecular weight excluding hydrogens is 198 g/mol. The molecule has 80 valence electrons. The summed E-state index contributed by atoms with van der Waals surface area (Å²) in [4.78, 5) is 15.7. The first-order valence-corrected chi connectivity index (χ1v) is 5.33. The molecule has 2 heteroatoms. The topological polar surface area (TPSA) is 30.0 Å². The van der Waals surface area contributed by atoms with Crippen LogP contribution in [0.25, 0.3) is 0 Å². The molecule has 1 heterocycles. The van der Waals surface area contributed by atoms with Gasteiger partial charge in [0.05, 0.1) is 0 Å². The van der Waals surface area contributed by atoms with Crippen LogP contribution >= 0.6 is 0 Å². The van der Waals surface area contributed by atoms with E-state index >= 15 is 0 Å². The predicted octanol–water partition coefficient (Wildman–Crippen LogP) is 2.90. The fraction of sp³-hybridized carbons (Fsp3) is 0.143. The highest BCUT2D eigenvalue weighted by molar-refractivity contribution is 5.95. The van der Waals surface area contributed by atoms with Crippen molar-refractivity contribution in [1.29, 1.82) is 0 Å². The number of carbonyl (C=O) groups is 1. The van der Waals surface area contributed by atoms with Crippen molar-refractivity contribution in [2.45, 2.75) is 12.8 Å². The average Bonchev–Trinajstić information content (AvgIpc) is 2.38. The standard InChI is InChI=1S/C14H13NO/c16-14(13-7-4-10-15-11-13)9-8-12-5-2-1-3-6-12/h1-7,10-11H,8-9H2. The Labute approximate surface area is 95.0 Å². The maximum atomic E-state index is 11.8. The Kier molecular flexibility index (Phi) is 3.44. The van der Waals surface area contributed by atoms with Gasteiger partial charge in [0, 0.05) is 24.4 Å². The normalized spacial score (nSPS) is 10.0. The van der Waals surface area contributed by atoms with E-state index in [1.807, 2.05) is 30.3 Å². The summed E-state index contributed by atoms with van der Waals surface area (Å²) < 4.78 is 0. The second-order valence-corrected chi connectivity index (χ2v) is 3.65. The van der Waals surface area contributed by atoms with Crippen LogP contribution in [0.4, 0.5) is 0 Å². The largest absolute Gasteiger partial charge is 0.294 e. The zero-order valence-corrected chi connectivity index (χ0v) is 8.97. The summed E-state index contributed by atoms with van der Waals surface area (Å²) in [6.45, 7) is 0. The Morgan fingerprint density at radius 2 is 1.88 bits per heavy atom. The number of nitrogens with zero attached hydrogens (tertiary/aromatic N) is 1.